The van der Waals surface area contributed by atoms with Crippen molar-refractivity contribution in [3.05, 3.63) is 120 Å². The Hall–Kier alpha value is -5.46. The van der Waals surface area contributed by atoms with Crippen LogP contribution in [-0.4, -0.2) is 40.1 Å². The van der Waals surface area contributed by atoms with Gasteiger partial charge < -0.3 is 34.3 Å². The maximum atomic E-state index is 10.9. The molecule has 0 aliphatic carbocycles. The number of methoxy groups -OCH3 is 3. The molecule has 0 atom stereocenters. The first-order valence-electron chi connectivity index (χ1n) is 14.4. The van der Waals surface area contributed by atoms with Crippen LogP contribution in [0.1, 0.15) is 11.1 Å². The van der Waals surface area contributed by atoms with Crippen LogP contribution in [-0.2, 0) is 15.6 Å². The molecule has 4 aromatic carbocycles. The van der Waals surface area contributed by atoms with E-state index < -0.39 is 9.05 Å². The molecule has 13 heteroatoms. The zero-order chi connectivity index (χ0) is 34.5. The molecule has 0 aliphatic rings. The number of hydrogen-bond donors (Lipinski definition) is 2. The molecule has 6 aromatic rings. The standard InChI is InChI=1S/C18H18N2O3.C9H8N2O.C8H9ClO3S/c1-21-16-9-8-13(10-17(16)22-2)12-19-18-11-15(20-23-18)14-6-4-3-5-7-14;10-9-6-8(11-12-9)7-4-2-1-3-5-7;1-6-3-4-7(13(9,10)11)5-8(6)12-2/h3-11,19H,12H2,1-2H3;1-6H,10H2;3-5H,1-2H3. The van der Waals surface area contributed by atoms with Crippen molar-refractivity contribution in [1.82, 2.24) is 10.3 Å². The van der Waals surface area contributed by atoms with E-state index in [-0.39, 0.29) is 4.90 Å². The normalized spacial score (nSPS) is 10.5. The Morgan fingerprint density at radius 1 is 0.708 bits per heavy atom. The fourth-order valence-electron chi connectivity index (χ4n) is 4.27. The Kier molecular flexibility index (Phi) is 12.5. The lowest BCUT2D eigenvalue weighted by Gasteiger charge is -2.09. The van der Waals surface area contributed by atoms with Crippen molar-refractivity contribution in [2.45, 2.75) is 18.4 Å². The van der Waals surface area contributed by atoms with E-state index in [1.54, 1.807) is 26.4 Å². The summed E-state index contributed by atoms with van der Waals surface area (Å²) in [6.07, 6.45) is 0. The fraction of sp³-hybridized carbons (Fsp3) is 0.143. The minimum absolute atomic E-state index is 0.0524. The monoisotopic (exact) mass is 690 g/mol. The quantitative estimate of drug-likeness (QED) is 0.143. The molecule has 3 N–H and O–H groups in total. The average molecular weight is 691 g/mol. The zero-order valence-corrected chi connectivity index (χ0v) is 28.3. The third kappa shape index (κ3) is 10.0. The van der Waals surface area contributed by atoms with Gasteiger partial charge in [-0.15, -0.1) is 0 Å². The number of anilines is 2. The van der Waals surface area contributed by atoms with Crippen LogP contribution in [0.5, 0.6) is 17.2 Å². The highest BCUT2D eigenvalue weighted by Crippen LogP contribution is 2.28. The largest absolute Gasteiger partial charge is 0.496 e. The van der Waals surface area contributed by atoms with Crippen LogP contribution < -0.4 is 25.3 Å². The minimum atomic E-state index is -3.66. The summed E-state index contributed by atoms with van der Waals surface area (Å²) in [5.41, 5.74) is 10.9. The van der Waals surface area contributed by atoms with Crippen molar-refractivity contribution >= 4 is 31.5 Å². The molecular formula is C35H35ClN4O7S. The molecule has 0 amide bonds. The molecule has 2 heterocycles. The van der Waals surface area contributed by atoms with Crippen molar-refractivity contribution in [2.75, 3.05) is 32.4 Å². The predicted molar refractivity (Wildman–Crippen MR) is 186 cm³/mol. The summed E-state index contributed by atoms with van der Waals surface area (Å²) in [5.74, 6) is 2.89. The van der Waals surface area contributed by atoms with E-state index in [0.717, 1.165) is 33.6 Å². The lowest BCUT2D eigenvalue weighted by Crippen LogP contribution is -1.99. The van der Waals surface area contributed by atoms with Crippen LogP contribution in [0.2, 0.25) is 0 Å². The number of nitrogen functional groups attached to an aromatic ring is 1. The molecule has 0 fully saturated rings. The molecule has 11 nitrogen and oxygen atoms in total. The third-order valence-electron chi connectivity index (χ3n) is 6.75. The smallest absolute Gasteiger partial charge is 0.261 e. The number of nitrogens with two attached hydrogens (primary N) is 1. The number of aromatic nitrogens is 2. The highest BCUT2D eigenvalue weighted by molar-refractivity contribution is 8.13. The van der Waals surface area contributed by atoms with Gasteiger partial charge in [0.2, 0.25) is 11.8 Å². The molecule has 0 spiro atoms. The molecule has 6 rings (SSSR count). The van der Waals surface area contributed by atoms with Gasteiger partial charge in [0.25, 0.3) is 9.05 Å². The van der Waals surface area contributed by atoms with Gasteiger partial charge in [0.15, 0.2) is 11.5 Å². The Labute approximate surface area is 283 Å². The Morgan fingerprint density at radius 3 is 1.83 bits per heavy atom. The van der Waals surface area contributed by atoms with E-state index >= 15 is 0 Å². The van der Waals surface area contributed by atoms with Gasteiger partial charge in [-0.3, -0.25) is 0 Å². The second kappa shape index (κ2) is 16.9. The van der Waals surface area contributed by atoms with E-state index in [1.165, 1.54) is 19.2 Å². The van der Waals surface area contributed by atoms with Crippen LogP contribution in [0.3, 0.4) is 0 Å². The van der Waals surface area contributed by atoms with Gasteiger partial charge >= 0.3 is 0 Å². The summed E-state index contributed by atoms with van der Waals surface area (Å²) in [6.45, 7) is 2.42. The Morgan fingerprint density at radius 2 is 1.29 bits per heavy atom. The summed E-state index contributed by atoms with van der Waals surface area (Å²) in [4.78, 5) is 0.0524. The summed E-state index contributed by atoms with van der Waals surface area (Å²) < 4.78 is 47.4. The lowest BCUT2D eigenvalue weighted by atomic mass is 10.1. The maximum absolute atomic E-state index is 10.9. The second-order valence-corrected chi connectivity index (χ2v) is 12.6. The van der Waals surface area contributed by atoms with Gasteiger partial charge in [-0.2, -0.15) is 0 Å². The number of nitrogens with zero attached hydrogens (tertiary/aromatic N) is 2. The van der Waals surface area contributed by atoms with E-state index in [2.05, 4.69) is 15.6 Å². The number of benzene rings is 4. The fourth-order valence-corrected chi connectivity index (χ4v) is 5.04. The summed E-state index contributed by atoms with van der Waals surface area (Å²) >= 11 is 0. The van der Waals surface area contributed by atoms with E-state index in [0.29, 0.717) is 35.6 Å². The van der Waals surface area contributed by atoms with E-state index in [1.807, 2.05) is 91.9 Å². The highest BCUT2D eigenvalue weighted by atomic mass is 35.7. The van der Waals surface area contributed by atoms with Gasteiger partial charge in [-0.05, 0) is 36.2 Å². The van der Waals surface area contributed by atoms with Crippen molar-refractivity contribution < 1.29 is 31.7 Å². The van der Waals surface area contributed by atoms with Crippen LogP contribution in [0.15, 0.2) is 123 Å². The number of rotatable bonds is 9. The van der Waals surface area contributed by atoms with Gasteiger partial charge in [-0.25, -0.2) is 8.42 Å². The van der Waals surface area contributed by atoms with Crippen molar-refractivity contribution in [3.63, 3.8) is 0 Å². The van der Waals surface area contributed by atoms with Crippen molar-refractivity contribution in [3.8, 4) is 39.8 Å². The number of hydrogen-bond acceptors (Lipinski definition) is 11. The highest BCUT2D eigenvalue weighted by Gasteiger charge is 2.12. The Bertz CT molecular complexity index is 2000. The molecule has 48 heavy (non-hydrogen) atoms. The van der Waals surface area contributed by atoms with E-state index in [4.69, 9.17) is 39.7 Å². The average Bonchev–Trinajstić information content (AvgIpc) is 3.77. The molecular weight excluding hydrogens is 656 g/mol. The second-order valence-electron chi connectivity index (χ2n) is 10.0. The first-order valence-corrected chi connectivity index (χ1v) is 16.8. The SMILES string of the molecule is COc1cc(S(=O)(=O)Cl)ccc1C.COc1ccc(CNc2cc(-c3ccccc3)no2)cc1OC.Nc1cc(-c2ccccc2)no1. The van der Waals surface area contributed by atoms with Gasteiger partial charge in [0, 0.05) is 46.6 Å². The van der Waals surface area contributed by atoms with Crippen LogP contribution in [0.25, 0.3) is 22.5 Å². The van der Waals surface area contributed by atoms with Gasteiger partial charge in [-0.1, -0.05) is 83.1 Å². The van der Waals surface area contributed by atoms with Gasteiger partial charge in [0.1, 0.15) is 17.1 Å². The molecule has 0 saturated heterocycles. The van der Waals surface area contributed by atoms with Crippen molar-refractivity contribution in [2.24, 2.45) is 0 Å². The third-order valence-corrected chi connectivity index (χ3v) is 8.10. The number of aryl methyl sites for hydroxylation is 1. The molecule has 0 aliphatic heterocycles. The lowest BCUT2D eigenvalue weighted by molar-refractivity contribution is 0.354. The molecule has 0 radical (unpaired) electrons. The van der Waals surface area contributed by atoms with Crippen LogP contribution in [0.4, 0.5) is 11.8 Å². The van der Waals surface area contributed by atoms with E-state index in [9.17, 15) is 8.42 Å². The molecule has 2 aromatic heterocycles. The minimum Gasteiger partial charge on any atom is -0.496 e. The van der Waals surface area contributed by atoms with Crippen LogP contribution in [0, 0.1) is 6.92 Å². The van der Waals surface area contributed by atoms with Gasteiger partial charge in [0.05, 0.1) is 26.2 Å². The molecule has 250 valence electrons. The number of ether oxygens (including phenoxy) is 3. The predicted octanol–water partition coefficient (Wildman–Crippen LogP) is 7.83. The maximum Gasteiger partial charge on any atom is 0.261 e. The zero-order valence-electron chi connectivity index (χ0n) is 26.7. The van der Waals surface area contributed by atoms with Crippen molar-refractivity contribution in [1.29, 1.82) is 0 Å². The topological polar surface area (TPSA) is 152 Å². The number of halogens is 1. The molecule has 0 bridgehead atoms. The first kappa shape index (κ1) is 35.4. The first-order chi connectivity index (χ1) is 23.1. The van der Waals surface area contributed by atoms with Crippen LogP contribution >= 0.6 is 10.7 Å². The summed E-state index contributed by atoms with van der Waals surface area (Å²) in [7, 11) is 6.22. The number of nitrogens with one attached hydrogen (secondary N) is 1. The Balaban J connectivity index is 0.000000177. The molecule has 0 saturated carbocycles. The molecule has 0 unspecified atom stereocenters. The summed E-state index contributed by atoms with van der Waals surface area (Å²) in [6, 6.07) is 33.5. The summed E-state index contributed by atoms with van der Waals surface area (Å²) in [5, 5.41) is 11.1.